The largest absolute Gasteiger partial charge is 0.305 e. The van der Waals surface area contributed by atoms with Gasteiger partial charge < -0.3 is 5.32 Å². The van der Waals surface area contributed by atoms with Crippen LogP contribution in [0.2, 0.25) is 0 Å². The van der Waals surface area contributed by atoms with Crippen molar-refractivity contribution in [1.29, 1.82) is 0 Å². The van der Waals surface area contributed by atoms with E-state index in [1.54, 1.807) is 0 Å². The zero-order chi connectivity index (χ0) is 13.2. The Morgan fingerprint density at radius 2 is 2.26 bits per heavy atom. The number of benzene rings is 1. The van der Waals surface area contributed by atoms with Crippen molar-refractivity contribution in [3.63, 3.8) is 0 Å². The smallest absolute Gasteiger partial charge is 0.0762 e. The molecule has 1 unspecified atom stereocenters. The molecule has 0 bridgehead atoms. The van der Waals surface area contributed by atoms with Gasteiger partial charge in [0.05, 0.1) is 22.4 Å². The zero-order valence-corrected chi connectivity index (χ0v) is 12.7. The number of halogens is 1. The molecule has 2 aromatic rings. The van der Waals surface area contributed by atoms with Crippen LogP contribution in [-0.4, -0.2) is 16.3 Å². The van der Waals surface area contributed by atoms with E-state index in [-0.39, 0.29) is 6.04 Å². The van der Waals surface area contributed by atoms with E-state index in [0.29, 0.717) is 0 Å². The third-order valence-corrected chi connectivity index (χ3v) is 4.26. The third-order valence-electron chi connectivity index (χ3n) is 3.65. The Balaban J connectivity index is 2.06. The molecule has 0 saturated heterocycles. The van der Waals surface area contributed by atoms with Gasteiger partial charge in [0.15, 0.2) is 0 Å². The first-order valence-corrected chi connectivity index (χ1v) is 7.63. The fourth-order valence-corrected chi connectivity index (χ4v) is 3.32. The fraction of sp³-hybridized carbons (Fsp3) is 0.400. The van der Waals surface area contributed by atoms with Crippen LogP contribution in [-0.2, 0) is 13.0 Å². The molecule has 4 heteroatoms. The molecule has 3 nitrogen and oxygen atoms in total. The van der Waals surface area contributed by atoms with E-state index in [9.17, 15) is 0 Å². The van der Waals surface area contributed by atoms with Crippen molar-refractivity contribution in [3.05, 3.63) is 51.8 Å². The molecule has 2 heterocycles. The standard InChI is InChI=1S/C15H18BrN3/c1-2-9-19-15(13(16)10-18-19)14-12-6-4-3-5-11(12)7-8-17-14/h3-6,10,14,17H,2,7-9H2,1H3. The van der Waals surface area contributed by atoms with E-state index < -0.39 is 0 Å². The number of fused-ring (bicyclic) bond motifs is 1. The van der Waals surface area contributed by atoms with Crippen LogP contribution in [0.1, 0.15) is 36.2 Å². The van der Waals surface area contributed by atoms with Gasteiger partial charge in [0.25, 0.3) is 0 Å². The molecule has 0 radical (unpaired) electrons. The molecule has 1 aliphatic rings. The van der Waals surface area contributed by atoms with Crippen molar-refractivity contribution >= 4 is 15.9 Å². The highest BCUT2D eigenvalue weighted by Gasteiger charge is 2.25. The molecule has 1 aromatic carbocycles. The predicted octanol–water partition coefficient (Wildman–Crippen LogP) is 3.29. The summed E-state index contributed by atoms with van der Waals surface area (Å²) in [5, 5.41) is 8.11. The average molecular weight is 320 g/mol. The topological polar surface area (TPSA) is 29.9 Å². The quantitative estimate of drug-likeness (QED) is 0.940. The van der Waals surface area contributed by atoms with Gasteiger partial charge >= 0.3 is 0 Å². The molecular formula is C15H18BrN3. The third kappa shape index (κ3) is 2.35. The predicted molar refractivity (Wildman–Crippen MR) is 80.2 cm³/mol. The van der Waals surface area contributed by atoms with Crippen molar-refractivity contribution < 1.29 is 0 Å². The maximum Gasteiger partial charge on any atom is 0.0762 e. The molecule has 0 amide bonds. The van der Waals surface area contributed by atoms with Crippen LogP contribution in [0, 0.1) is 0 Å². The van der Waals surface area contributed by atoms with Crippen molar-refractivity contribution in [2.75, 3.05) is 6.54 Å². The number of rotatable bonds is 3. The van der Waals surface area contributed by atoms with E-state index >= 15 is 0 Å². The lowest BCUT2D eigenvalue weighted by atomic mass is 9.92. The zero-order valence-electron chi connectivity index (χ0n) is 11.1. The molecular weight excluding hydrogens is 302 g/mol. The van der Waals surface area contributed by atoms with Crippen LogP contribution < -0.4 is 5.32 Å². The summed E-state index contributed by atoms with van der Waals surface area (Å²) in [6.45, 7) is 4.16. The van der Waals surface area contributed by atoms with Crippen LogP contribution in [0.3, 0.4) is 0 Å². The lowest BCUT2D eigenvalue weighted by Gasteiger charge is -2.28. The van der Waals surface area contributed by atoms with Gasteiger partial charge in [-0.1, -0.05) is 31.2 Å². The van der Waals surface area contributed by atoms with Crippen LogP contribution in [0.4, 0.5) is 0 Å². The molecule has 0 spiro atoms. The molecule has 3 rings (SSSR count). The summed E-state index contributed by atoms with van der Waals surface area (Å²) < 4.78 is 3.21. The van der Waals surface area contributed by atoms with Gasteiger partial charge in [-0.05, 0) is 39.9 Å². The molecule has 1 N–H and O–H groups in total. The van der Waals surface area contributed by atoms with Gasteiger partial charge in [-0.2, -0.15) is 5.10 Å². The maximum absolute atomic E-state index is 4.48. The monoisotopic (exact) mass is 319 g/mol. The lowest BCUT2D eigenvalue weighted by Crippen LogP contribution is -2.32. The molecule has 1 aromatic heterocycles. The SMILES string of the molecule is CCCn1ncc(Br)c1C1NCCc2ccccc21. The summed E-state index contributed by atoms with van der Waals surface area (Å²) in [7, 11) is 0. The normalized spacial score (nSPS) is 18.3. The summed E-state index contributed by atoms with van der Waals surface area (Å²) >= 11 is 3.65. The van der Waals surface area contributed by atoms with Gasteiger partial charge in [-0.15, -0.1) is 0 Å². The number of hydrogen-bond donors (Lipinski definition) is 1. The fourth-order valence-electron chi connectivity index (χ4n) is 2.80. The van der Waals surface area contributed by atoms with E-state index in [2.05, 4.69) is 62.2 Å². The Morgan fingerprint density at radius 1 is 1.42 bits per heavy atom. The van der Waals surface area contributed by atoms with Crippen molar-refractivity contribution in [2.24, 2.45) is 0 Å². The number of aromatic nitrogens is 2. The summed E-state index contributed by atoms with van der Waals surface area (Å²) in [5.74, 6) is 0. The number of nitrogens with one attached hydrogen (secondary N) is 1. The van der Waals surface area contributed by atoms with Crippen LogP contribution >= 0.6 is 15.9 Å². The number of nitrogens with zero attached hydrogens (tertiary/aromatic N) is 2. The van der Waals surface area contributed by atoms with E-state index in [1.165, 1.54) is 16.8 Å². The number of hydrogen-bond acceptors (Lipinski definition) is 2. The minimum atomic E-state index is 0.244. The minimum Gasteiger partial charge on any atom is -0.305 e. The molecule has 19 heavy (non-hydrogen) atoms. The van der Waals surface area contributed by atoms with Crippen LogP contribution in [0.15, 0.2) is 34.9 Å². The second-order valence-corrected chi connectivity index (χ2v) is 5.79. The van der Waals surface area contributed by atoms with Gasteiger partial charge in [0, 0.05) is 13.1 Å². The molecule has 1 aliphatic heterocycles. The summed E-state index contributed by atoms with van der Waals surface area (Å²) in [6.07, 6.45) is 4.10. The Bertz CT molecular complexity index is 577. The van der Waals surface area contributed by atoms with Crippen molar-refractivity contribution in [3.8, 4) is 0 Å². The Labute approximate surface area is 122 Å². The second kappa shape index (κ2) is 5.47. The Morgan fingerprint density at radius 3 is 3.11 bits per heavy atom. The first-order chi connectivity index (χ1) is 9.31. The molecule has 100 valence electrons. The van der Waals surface area contributed by atoms with Gasteiger partial charge in [-0.25, -0.2) is 0 Å². The number of aryl methyl sites for hydroxylation is 1. The van der Waals surface area contributed by atoms with E-state index in [4.69, 9.17) is 0 Å². The van der Waals surface area contributed by atoms with Crippen LogP contribution in [0.25, 0.3) is 0 Å². The van der Waals surface area contributed by atoms with Crippen LogP contribution in [0.5, 0.6) is 0 Å². The highest BCUT2D eigenvalue weighted by atomic mass is 79.9. The second-order valence-electron chi connectivity index (χ2n) is 4.94. The molecule has 0 fully saturated rings. The van der Waals surface area contributed by atoms with Crippen molar-refractivity contribution in [1.82, 2.24) is 15.1 Å². The van der Waals surface area contributed by atoms with Gasteiger partial charge in [-0.3, -0.25) is 4.68 Å². The summed E-state index contributed by atoms with van der Waals surface area (Å²) in [4.78, 5) is 0. The summed E-state index contributed by atoms with van der Waals surface area (Å²) in [5.41, 5.74) is 4.07. The first kappa shape index (κ1) is 12.9. The Hall–Kier alpha value is -1.13. The van der Waals surface area contributed by atoms with E-state index in [0.717, 1.165) is 30.4 Å². The van der Waals surface area contributed by atoms with E-state index in [1.807, 2.05) is 6.20 Å². The highest BCUT2D eigenvalue weighted by Crippen LogP contribution is 2.32. The Kier molecular flexibility index (Phi) is 3.71. The maximum atomic E-state index is 4.48. The highest BCUT2D eigenvalue weighted by molar-refractivity contribution is 9.10. The lowest BCUT2D eigenvalue weighted by molar-refractivity contribution is 0.495. The van der Waals surface area contributed by atoms with Gasteiger partial charge in [0.1, 0.15) is 0 Å². The minimum absolute atomic E-state index is 0.244. The average Bonchev–Trinajstić information content (AvgIpc) is 2.80. The van der Waals surface area contributed by atoms with Crippen molar-refractivity contribution in [2.45, 2.75) is 32.4 Å². The molecule has 0 saturated carbocycles. The molecule has 0 aliphatic carbocycles. The summed E-state index contributed by atoms with van der Waals surface area (Å²) in [6, 6.07) is 8.94. The molecule has 1 atom stereocenters. The first-order valence-electron chi connectivity index (χ1n) is 6.83. The van der Waals surface area contributed by atoms with Gasteiger partial charge in [0.2, 0.25) is 0 Å².